The number of hydrogen-bond acceptors (Lipinski definition) is 1. The third-order valence-electron chi connectivity index (χ3n) is 2.30. The van der Waals surface area contributed by atoms with Gasteiger partial charge in [0.1, 0.15) is 0 Å². The summed E-state index contributed by atoms with van der Waals surface area (Å²) in [5, 5.41) is 8.86. The SMILES string of the molecule is CC(C)(C)C(CCCC(F)(F)F)C(=O)O. The van der Waals surface area contributed by atoms with Gasteiger partial charge in [0.25, 0.3) is 0 Å². The lowest BCUT2D eigenvalue weighted by Gasteiger charge is -2.27. The Morgan fingerprint density at radius 1 is 1.27 bits per heavy atom. The fourth-order valence-corrected chi connectivity index (χ4v) is 1.43. The Kier molecular flexibility index (Phi) is 4.62. The first-order chi connectivity index (χ1) is 6.54. The minimum absolute atomic E-state index is 0.0678. The normalized spacial score (nSPS) is 15.1. The molecule has 0 bridgehead atoms. The van der Waals surface area contributed by atoms with Gasteiger partial charge in [-0.3, -0.25) is 4.79 Å². The van der Waals surface area contributed by atoms with Crippen LogP contribution in [0.1, 0.15) is 40.0 Å². The molecule has 0 aromatic rings. The van der Waals surface area contributed by atoms with Crippen LogP contribution >= 0.6 is 0 Å². The number of carboxylic acid groups (broad SMARTS) is 1. The highest BCUT2D eigenvalue weighted by Crippen LogP contribution is 2.32. The van der Waals surface area contributed by atoms with E-state index in [1.807, 2.05) is 0 Å². The van der Waals surface area contributed by atoms with E-state index < -0.39 is 29.9 Å². The Labute approximate surface area is 87.5 Å². The maximum absolute atomic E-state index is 11.9. The van der Waals surface area contributed by atoms with Crippen LogP contribution in [0.15, 0.2) is 0 Å². The quantitative estimate of drug-likeness (QED) is 0.797. The number of alkyl halides is 3. The molecule has 1 atom stereocenters. The third-order valence-corrected chi connectivity index (χ3v) is 2.30. The second kappa shape index (κ2) is 4.86. The lowest BCUT2D eigenvalue weighted by molar-refractivity contribution is -0.149. The van der Waals surface area contributed by atoms with Crippen LogP contribution in [0.2, 0.25) is 0 Å². The molecule has 0 aliphatic heterocycles. The molecule has 1 N–H and O–H groups in total. The molecule has 5 heteroatoms. The predicted octanol–water partition coefficient (Wildman–Crippen LogP) is 3.47. The number of hydrogen-bond donors (Lipinski definition) is 1. The highest BCUT2D eigenvalue weighted by atomic mass is 19.4. The first-order valence-corrected chi connectivity index (χ1v) is 4.83. The van der Waals surface area contributed by atoms with Crippen molar-refractivity contribution in [3.05, 3.63) is 0 Å². The third kappa shape index (κ3) is 6.36. The van der Waals surface area contributed by atoms with Crippen molar-refractivity contribution in [2.24, 2.45) is 11.3 Å². The molecule has 90 valence electrons. The van der Waals surface area contributed by atoms with Crippen molar-refractivity contribution >= 4 is 5.97 Å². The van der Waals surface area contributed by atoms with Gasteiger partial charge in [0, 0.05) is 6.42 Å². The number of carbonyl (C=O) groups is 1. The van der Waals surface area contributed by atoms with Crippen LogP contribution in [0.4, 0.5) is 13.2 Å². The largest absolute Gasteiger partial charge is 0.481 e. The molecule has 0 radical (unpaired) electrons. The summed E-state index contributed by atoms with van der Waals surface area (Å²) in [5.74, 6) is -1.75. The van der Waals surface area contributed by atoms with Crippen molar-refractivity contribution < 1.29 is 23.1 Å². The summed E-state index contributed by atoms with van der Waals surface area (Å²) in [6.45, 7) is 5.16. The van der Waals surface area contributed by atoms with Crippen molar-refractivity contribution in [3.8, 4) is 0 Å². The molecule has 0 heterocycles. The van der Waals surface area contributed by atoms with Crippen molar-refractivity contribution in [1.82, 2.24) is 0 Å². The topological polar surface area (TPSA) is 37.3 Å². The minimum Gasteiger partial charge on any atom is -0.481 e. The van der Waals surface area contributed by atoms with E-state index in [4.69, 9.17) is 5.11 Å². The summed E-state index contributed by atoms with van der Waals surface area (Å²) in [5.41, 5.74) is -0.503. The molecule has 0 amide bonds. The summed E-state index contributed by atoms with van der Waals surface area (Å²) in [4.78, 5) is 10.8. The lowest BCUT2D eigenvalue weighted by Crippen LogP contribution is -2.28. The van der Waals surface area contributed by atoms with Crippen LogP contribution in [-0.2, 0) is 4.79 Å². The number of halogens is 3. The number of aliphatic carboxylic acids is 1. The predicted molar refractivity (Wildman–Crippen MR) is 50.5 cm³/mol. The molecule has 0 aliphatic rings. The maximum Gasteiger partial charge on any atom is 0.389 e. The molecule has 0 saturated carbocycles. The van der Waals surface area contributed by atoms with Crippen LogP contribution in [0.25, 0.3) is 0 Å². The summed E-state index contributed by atoms with van der Waals surface area (Å²) >= 11 is 0. The van der Waals surface area contributed by atoms with Crippen LogP contribution in [0, 0.1) is 11.3 Å². The summed E-state index contributed by atoms with van der Waals surface area (Å²) < 4.78 is 35.6. The molecule has 15 heavy (non-hydrogen) atoms. The molecule has 0 saturated heterocycles. The van der Waals surface area contributed by atoms with Crippen LogP contribution < -0.4 is 0 Å². The van der Waals surface area contributed by atoms with Gasteiger partial charge in [0.2, 0.25) is 0 Å². The van der Waals surface area contributed by atoms with E-state index in [0.717, 1.165) is 0 Å². The Hall–Kier alpha value is -0.740. The Balaban J connectivity index is 4.17. The number of carboxylic acids is 1. The Morgan fingerprint density at radius 2 is 1.73 bits per heavy atom. The van der Waals surface area contributed by atoms with Crippen LogP contribution in [0.5, 0.6) is 0 Å². The highest BCUT2D eigenvalue weighted by Gasteiger charge is 2.33. The molecule has 0 spiro atoms. The molecule has 0 aliphatic carbocycles. The van der Waals surface area contributed by atoms with E-state index >= 15 is 0 Å². The molecule has 0 aromatic heterocycles. The van der Waals surface area contributed by atoms with E-state index in [2.05, 4.69) is 0 Å². The average Bonchev–Trinajstić information content (AvgIpc) is 1.92. The van der Waals surface area contributed by atoms with Crippen LogP contribution in [-0.4, -0.2) is 17.3 Å². The summed E-state index contributed by atoms with van der Waals surface area (Å²) in [6.07, 6.45) is -5.16. The van der Waals surface area contributed by atoms with E-state index in [0.29, 0.717) is 0 Å². The molecule has 2 nitrogen and oxygen atoms in total. The zero-order valence-electron chi connectivity index (χ0n) is 9.19. The van der Waals surface area contributed by atoms with Gasteiger partial charge in [0.05, 0.1) is 5.92 Å². The first kappa shape index (κ1) is 14.3. The molecule has 0 fully saturated rings. The van der Waals surface area contributed by atoms with Crippen molar-refractivity contribution in [3.63, 3.8) is 0 Å². The molecule has 0 rings (SSSR count). The van der Waals surface area contributed by atoms with E-state index in [9.17, 15) is 18.0 Å². The van der Waals surface area contributed by atoms with E-state index in [1.54, 1.807) is 20.8 Å². The van der Waals surface area contributed by atoms with Crippen LogP contribution in [0.3, 0.4) is 0 Å². The fourth-order valence-electron chi connectivity index (χ4n) is 1.43. The van der Waals surface area contributed by atoms with Gasteiger partial charge in [-0.1, -0.05) is 20.8 Å². The zero-order valence-corrected chi connectivity index (χ0v) is 9.19. The van der Waals surface area contributed by atoms with Gasteiger partial charge in [0.15, 0.2) is 0 Å². The van der Waals surface area contributed by atoms with Gasteiger partial charge < -0.3 is 5.11 Å². The molecular formula is C10H17F3O2. The number of rotatable bonds is 4. The second-order valence-corrected chi connectivity index (χ2v) is 4.76. The van der Waals surface area contributed by atoms with Gasteiger partial charge in [-0.05, 0) is 18.3 Å². The zero-order chi connectivity index (χ0) is 12.3. The maximum atomic E-state index is 11.9. The molecular weight excluding hydrogens is 209 g/mol. The average molecular weight is 226 g/mol. The fraction of sp³-hybridized carbons (Fsp3) is 0.900. The van der Waals surface area contributed by atoms with Gasteiger partial charge in [-0.15, -0.1) is 0 Å². The Bertz CT molecular complexity index is 216. The van der Waals surface area contributed by atoms with Crippen molar-refractivity contribution in [1.29, 1.82) is 0 Å². The smallest absolute Gasteiger partial charge is 0.389 e. The Morgan fingerprint density at radius 3 is 2.00 bits per heavy atom. The molecule has 1 unspecified atom stereocenters. The van der Waals surface area contributed by atoms with Gasteiger partial charge in [-0.2, -0.15) is 13.2 Å². The van der Waals surface area contributed by atoms with Crippen molar-refractivity contribution in [2.75, 3.05) is 0 Å². The summed E-state index contributed by atoms with van der Waals surface area (Å²) in [6, 6.07) is 0. The second-order valence-electron chi connectivity index (χ2n) is 4.76. The highest BCUT2D eigenvalue weighted by molar-refractivity contribution is 5.70. The summed E-state index contributed by atoms with van der Waals surface area (Å²) in [7, 11) is 0. The molecule has 0 aromatic carbocycles. The monoisotopic (exact) mass is 226 g/mol. The van der Waals surface area contributed by atoms with E-state index in [-0.39, 0.29) is 12.8 Å². The van der Waals surface area contributed by atoms with E-state index in [1.165, 1.54) is 0 Å². The lowest BCUT2D eigenvalue weighted by atomic mass is 9.78. The van der Waals surface area contributed by atoms with Crippen molar-refractivity contribution in [2.45, 2.75) is 46.2 Å². The first-order valence-electron chi connectivity index (χ1n) is 4.83. The van der Waals surface area contributed by atoms with Gasteiger partial charge >= 0.3 is 12.1 Å². The van der Waals surface area contributed by atoms with Gasteiger partial charge in [-0.25, -0.2) is 0 Å². The minimum atomic E-state index is -4.19. The standard InChI is InChI=1S/C10H17F3O2/c1-9(2,3)7(8(14)15)5-4-6-10(11,12)13/h7H,4-6H2,1-3H3,(H,14,15).